The summed E-state index contributed by atoms with van der Waals surface area (Å²) in [7, 11) is -0.265. The van der Waals surface area contributed by atoms with Gasteiger partial charge in [-0.2, -0.15) is 4.31 Å². The number of benzene rings is 1. The van der Waals surface area contributed by atoms with E-state index in [4.69, 9.17) is 4.74 Å². The molecule has 1 atom stereocenters. The zero-order valence-electron chi connectivity index (χ0n) is 15.8. The number of carbonyl (C=O) groups excluding carboxylic acids is 1. The van der Waals surface area contributed by atoms with Crippen molar-refractivity contribution < 1.29 is 17.9 Å². The second-order valence-corrected chi connectivity index (χ2v) is 8.73. The molecule has 0 spiro atoms. The molecule has 0 saturated heterocycles. The van der Waals surface area contributed by atoms with Crippen LogP contribution in [0, 0.1) is 0 Å². The van der Waals surface area contributed by atoms with E-state index >= 15 is 0 Å². The van der Waals surface area contributed by atoms with Gasteiger partial charge >= 0.3 is 0 Å². The maximum absolute atomic E-state index is 12.8. The van der Waals surface area contributed by atoms with Crippen LogP contribution < -0.4 is 4.74 Å². The molecule has 1 aromatic heterocycles. The summed E-state index contributed by atoms with van der Waals surface area (Å²) in [6.07, 6.45) is 1.13. The van der Waals surface area contributed by atoms with Crippen molar-refractivity contribution in [2.75, 3.05) is 20.4 Å². The molecular formula is C17H23N5O4S. The van der Waals surface area contributed by atoms with Gasteiger partial charge < -0.3 is 9.64 Å². The third-order valence-electron chi connectivity index (χ3n) is 4.69. The summed E-state index contributed by atoms with van der Waals surface area (Å²) in [5.41, 5.74) is 0.987. The largest absolute Gasteiger partial charge is 0.497 e. The summed E-state index contributed by atoms with van der Waals surface area (Å²) < 4.78 is 31.4. The molecule has 0 radical (unpaired) electrons. The Labute approximate surface area is 158 Å². The van der Waals surface area contributed by atoms with Crippen LogP contribution in [-0.4, -0.2) is 58.7 Å². The first kappa shape index (κ1) is 19.3. The predicted molar refractivity (Wildman–Crippen MR) is 98.3 cm³/mol. The maximum atomic E-state index is 12.8. The number of hydrogen-bond acceptors (Lipinski definition) is 6. The van der Waals surface area contributed by atoms with Gasteiger partial charge in [0.25, 0.3) is 0 Å². The standard InChI is InChI=1S/C17H23N5O4S/c1-12-17(23)21(9-13-5-7-14(26-3)8-6-13)11-16-19-18-15(22(12)16)10-20(2)27(4,24)25/h5-8,12H,9-11H2,1-4H3/t12-/m0/s1. The highest BCUT2D eigenvalue weighted by molar-refractivity contribution is 7.88. The molecule has 0 bridgehead atoms. The lowest BCUT2D eigenvalue weighted by molar-refractivity contribution is -0.137. The Bertz CT molecular complexity index is 939. The lowest BCUT2D eigenvalue weighted by Gasteiger charge is -2.32. The summed E-state index contributed by atoms with van der Waals surface area (Å²) in [4.78, 5) is 14.6. The third kappa shape index (κ3) is 3.96. The van der Waals surface area contributed by atoms with E-state index in [2.05, 4.69) is 10.2 Å². The van der Waals surface area contributed by atoms with E-state index in [0.29, 0.717) is 24.7 Å². The van der Waals surface area contributed by atoms with Crippen LogP contribution in [0.5, 0.6) is 5.75 Å². The molecule has 1 aliphatic rings. The summed E-state index contributed by atoms with van der Waals surface area (Å²) in [5.74, 6) is 1.81. The van der Waals surface area contributed by atoms with Crippen LogP contribution >= 0.6 is 0 Å². The fraction of sp³-hybridized carbons (Fsp3) is 0.471. The van der Waals surface area contributed by atoms with Gasteiger partial charge in [0.15, 0.2) is 5.82 Å². The van der Waals surface area contributed by atoms with Crippen molar-refractivity contribution in [2.45, 2.75) is 32.6 Å². The minimum absolute atomic E-state index is 0.0543. The molecule has 2 heterocycles. The van der Waals surface area contributed by atoms with Crippen molar-refractivity contribution in [3.05, 3.63) is 41.5 Å². The second kappa shape index (κ2) is 7.28. The van der Waals surface area contributed by atoms with Gasteiger partial charge in [-0.3, -0.25) is 9.36 Å². The molecule has 0 fully saturated rings. The zero-order chi connectivity index (χ0) is 19.8. The van der Waals surface area contributed by atoms with Gasteiger partial charge in [0.05, 0.1) is 26.5 Å². The molecule has 2 aromatic rings. The number of amides is 1. The number of aromatic nitrogens is 3. The number of sulfonamides is 1. The first-order valence-corrected chi connectivity index (χ1v) is 10.3. The Kier molecular flexibility index (Phi) is 5.20. The fourth-order valence-electron chi connectivity index (χ4n) is 3.05. The van der Waals surface area contributed by atoms with Crippen LogP contribution in [0.4, 0.5) is 0 Å². The number of methoxy groups -OCH3 is 1. The molecule has 146 valence electrons. The highest BCUT2D eigenvalue weighted by Crippen LogP contribution is 2.25. The summed E-state index contributed by atoms with van der Waals surface area (Å²) in [5, 5.41) is 8.29. The van der Waals surface area contributed by atoms with Crippen LogP contribution in [0.3, 0.4) is 0 Å². The van der Waals surface area contributed by atoms with Crippen LogP contribution in [0.25, 0.3) is 0 Å². The number of fused-ring (bicyclic) bond motifs is 1. The topological polar surface area (TPSA) is 97.6 Å². The van der Waals surface area contributed by atoms with Crippen LogP contribution in [0.2, 0.25) is 0 Å². The SMILES string of the molecule is COc1ccc(CN2Cc3nnc(CN(C)S(C)(=O)=O)n3[C@@H](C)C2=O)cc1. The van der Waals surface area contributed by atoms with E-state index in [1.807, 2.05) is 24.3 Å². The molecular weight excluding hydrogens is 370 g/mol. The van der Waals surface area contributed by atoms with Gasteiger partial charge in [0.1, 0.15) is 17.6 Å². The lowest BCUT2D eigenvalue weighted by atomic mass is 10.1. The molecule has 1 aliphatic heterocycles. The Morgan fingerprint density at radius 1 is 1.26 bits per heavy atom. The molecule has 1 aromatic carbocycles. The Morgan fingerprint density at radius 3 is 2.52 bits per heavy atom. The third-order valence-corrected chi connectivity index (χ3v) is 5.95. The van der Waals surface area contributed by atoms with Gasteiger partial charge in [0.2, 0.25) is 15.9 Å². The van der Waals surface area contributed by atoms with Gasteiger partial charge in [0, 0.05) is 13.6 Å². The fourth-order valence-corrected chi connectivity index (χ4v) is 3.40. The van der Waals surface area contributed by atoms with E-state index in [9.17, 15) is 13.2 Å². The minimum Gasteiger partial charge on any atom is -0.497 e. The van der Waals surface area contributed by atoms with Gasteiger partial charge in [-0.25, -0.2) is 8.42 Å². The summed E-state index contributed by atoms with van der Waals surface area (Å²) in [6.45, 7) is 2.63. The van der Waals surface area contributed by atoms with E-state index in [1.54, 1.807) is 23.5 Å². The van der Waals surface area contributed by atoms with Crippen LogP contribution in [0.15, 0.2) is 24.3 Å². The molecule has 0 N–H and O–H groups in total. The van der Waals surface area contributed by atoms with Crippen molar-refractivity contribution >= 4 is 15.9 Å². The van der Waals surface area contributed by atoms with Gasteiger partial charge in [-0.05, 0) is 24.6 Å². The summed E-state index contributed by atoms with van der Waals surface area (Å²) in [6, 6.07) is 7.06. The average molecular weight is 393 g/mol. The average Bonchev–Trinajstić information content (AvgIpc) is 3.02. The number of carbonyl (C=O) groups is 1. The molecule has 0 saturated carbocycles. The first-order chi connectivity index (χ1) is 12.7. The number of ether oxygens (including phenoxy) is 1. The number of hydrogen-bond donors (Lipinski definition) is 0. The number of nitrogens with zero attached hydrogens (tertiary/aromatic N) is 5. The van der Waals surface area contributed by atoms with Gasteiger partial charge in [-0.15, -0.1) is 10.2 Å². The maximum Gasteiger partial charge on any atom is 0.246 e. The van der Waals surface area contributed by atoms with Gasteiger partial charge in [-0.1, -0.05) is 12.1 Å². The molecule has 0 aliphatic carbocycles. The predicted octanol–water partition coefficient (Wildman–Crippen LogP) is 0.782. The van der Waals surface area contributed by atoms with E-state index in [-0.39, 0.29) is 12.5 Å². The quantitative estimate of drug-likeness (QED) is 0.719. The molecule has 0 unspecified atom stereocenters. The molecule has 9 nitrogen and oxygen atoms in total. The molecule has 10 heteroatoms. The van der Waals surface area contributed by atoms with Crippen molar-refractivity contribution in [3.63, 3.8) is 0 Å². The van der Waals surface area contributed by atoms with E-state index < -0.39 is 16.1 Å². The van der Waals surface area contributed by atoms with Crippen molar-refractivity contribution in [3.8, 4) is 5.75 Å². The normalized spacial score (nSPS) is 17.3. The van der Waals surface area contributed by atoms with Crippen LogP contribution in [0.1, 0.15) is 30.2 Å². The van der Waals surface area contributed by atoms with Crippen LogP contribution in [-0.2, 0) is 34.5 Å². The number of rotatable bonds is 6. The minimum atomic E-state index is -3.35. The van der Waals surface area contributed by atoms with E-state index in [0.717, 1.165) is 17.6 Å². The smallest absolute Gasteiger partial charge is 0.246 e. The highest BCUT2D eigenvalue weighted by Gasteiger charge is 2.33. The zero-order valence-corrected chi connectivity index (χ0v) is 16.6. The highest BCUT2D eigenvalue weighted by atomic mass is 32.2. The lowest BCUT2D eigenvalue weighted by Crippen LogP contribution is -2.42. The van der Waals surface area contributed by atoms with Crippen molar-refractivity contribution in [1.29, 1.82) is 0 Å². The molecule has 1 amide bonds. The van der Waals surface area contributed by atoms with Crippen molar-refractivity contribution in [1.82, 2.24) is 24.0 Å². The van der Waals surface area contributed by atoms with E-state index in [1.165, 1.54) is 11.4 Å². The summed E-state index contributed by atoms with van der Waals surface area (Å²) >= 11 is 0. The Morgan fingerprint density at radius 2 is 1.93 bits per heavy atom. The second-order valence-electron chi connectivity index (χ2n) is 6.64. The Hall–Kier alpha value is -2.46. The monoisotopic (exact) mass is 393 g/mol. The van der Waals surface area contributed by atoms with Crippen molar-refractivity contribution in [2.24, 2.45) is 0 Å². The molecule has 27 heavy (non-hydrogen) atoms. The molecule has 3 rings (SSSR count). The first-order valence-electron chi connectivity index (χ1n) is 8.46. The Balaban J connectivity index is 1.80.